The Bertz CT molecular complexity index is 1220. The lowest BCUT2D eigenvalue weighted by Gasteiger charge is -2.09. The minimum Gasteiger partial charge on any atom is -0.489 e. The molecule has 31 heavy (non-hydrogen) atoms. The van der Waals surface area contributed by atoms with E-state index in [-0.39, 0.29) is 11.9 Å². The number of anilines is 1. The van der Waals surface area contributed by atoms with Crippen LogP contribution in [0.3, 0.4) is 0 Å². The van der Waals surface area contributed by atoms with Gasteiger partial charge in [-0.1, -0.05) is 24.3 Å². The molecular weight excluding hydrogens is 412 g/mol. The van der Waals surface area contributed by atoms with Crippen LogP contribution in [-0.4, -0.2) is 23.5 Å². The van der Waals surface area contributed by atoms with E-state index >= 15 is 0 Å². The van der Waals surface area contributed by atoms with Gasteiger partial charge in [0.25, 0.3) is 5.91 Å². The van der Waals surface area contributed by atoms with Gasteiger partial charge in [0.1, 0.15) is 12.4 Å². The Labute approximate surface area is 183 Å². The Morgan fingerprint density at radius 2 is 1.90 bits per heavy atom. The molecule has 7 heteroatoms. The number of fused-ring (bicyclic) bond motifs is 1. The molecular formula is C24H20N2O4S. The second-order valence-corrected chi connectivity index (χ2v) is 7.56. The zero-order chi connectivity index (χ0) is 21.6. The first kappa shape index (κ1) is 20.6. The summed E-state index contributed by atoms with van der Waals surface area (Å²) < 4.78 is 11.9. The molecule has 0 bridgehead atoms. The second-order valence-electron chi connectivity index (χ2n) is 6.68. The van der Waals surface area contributed by atoms with Crippen molar-refractivity contribution in [3.05, 3.63) is 89.1 Å². The van der Waals surface area contributed by atoms with Crippen LogP contribution in [0.2, 0.25) is 0 Å². The third kappa shape index (κ3) is 4.73. The van der Waals surface area contributed by atoms with E-state index in [0.29, 0.717) is 35.8 Å². The highest BCUT2D eigenvalue weighted by atomic mass is 32.1. The maximum atomic E-state index is 12.4. The number of esters is 1. The molecule has 156 valence electrons. The smallest absolute Gasteiger partial charge is 0.341 e. The molecule has 0 saturated heterocycles. The summed E-state index contributed by atoms with van der Waals surface area (Å²) in [6.45, 7) is 2.40. The van der Waals surface area contributed by atoms with E-state index in [2.05, 4.69) is 10.3 Å². The van der Waals surface area contributed by atoms with Gasteiger partial charge in [-0.05, 0) is 36.6 Å². The highest BCUT2D eigenvalue weighted by Crippen LogP contribution is 2.30. The first-order valence-corrected chi connectivity index (χ1v) is 10.6. The van der Waals surface area contributed by atoms with Crippen molar-refractivity contribution in [2.75, 3.05) is 11.9 Å². The topological polar surface area (TPSA) is 77.5 Å². The largest absolute Gasteiger partial charge is 0.489 e. The van der Waals surface area contributed by atoms with Crippen molar-refractivity contribution in [2.45, 2.75) is 13.5 Å². The van der Waals surface area contributed by atoms with Gasteiger partial charge < -0.3 is 14.8 Å². The summed E-state index contributed by atoms with van der Waals surface area (Å²) in [4.78, 5) is 28.7. The summed E-state index contributed by atoms with van der Waals surface area (Å²) in [7, 11) is 0. The van der Waals surface area contributed by atoms with E-state index in [4.69, 9.17) is 9.47 Å². The lowest BCUT2D eigenvalue weighted by molar-refractivity contribution is 0.0528. The van der Waals surface area contributed by atoms with Gasteiger partial charge >= 0.3 is 5.97 Å². The van der Waals surface area contributed by atoms with Gasteiger partial charge in [0.15, 0.2) is 0 Å². The molecule has 2 aromatic carbocycles. The number of carbonyl (C=O) groups excluding carboxylic acids is 2. The fourth-order valence-electron chi connectivity index (χ4n) is 3.08. The lowest BCUT2D eigenvalue weighted by atomic mass is 10.2. The molecule has 2 heterocycles. The average Bonchev–Trinajstić information content (AvgIpc) is 3.22. The molecule has 1 N–H and O–H groups in total. The molecule has 4 aromatic rings. The van der Waals surface area contributed by atoms with E-state index < -0.39 is 0 Å². The molecule has 0 aliphatic rings. The Morgan fingerprint density at radius 3 is 2.71 bits per heavy atom. The van der Waals surface area contributed by atoms with E-state index in [0.717, 1.165) is 15.6 Å². The molecule has 4 rings (SSSR count). The number of amides is 1. The van der Waals surface area contributed by atoms with Crippen molar-refractivity contribution in [3.63, 3.8) is 0 Å². The van der Waals surface area contributed by atoms with Gasteiger partial charge in [0.05, 0.1) is 16.9 Å². The highest BCUT2D eigenvalue weighted by molar-refractivity contribution is 7.17. The number of nitrogens with zero attached hydrogens (tertiary/aromatic N) is 1. The molecule has 0 radical (unpaired) electrons. The molecule has 0 aliphatic carbocycles. The van der Waals surface area contributed by atoms with Crippen molar-refractivity contribution in [3.8, 4) is 5.75 Å². The van der Waals surface area contributed by atoms with E-state index in [9.17, 15) is 9.59 Å². The zero-order valence-corrected chi connectivity index (χ0v) is 17.6. The van der Waals surface area contributed by atoms with Crippen LogP contribution in [0, 0.1) is 0 Å². The van der Waals surface area contributed by atoms with Crippen LogP contribution in [0.25, 0.3) is 10.1 Å². The molecule has 0 fully saturated rings. The number of rotatable bonds is 7. The Kier molecular flexibility index (Phi) is 6.24. The van der Waals surface area contributed by atoms with Crippen LogP contribution < -0.4 is 10.1 Å². The number of hydrogen-bond donors (Lipinski definition) is 1. The van der Waals surface area contributed by atoms with Crippen molar-refractivity contribution in [1.29, 1.82) is 0 Å². The quantitative estimate of drug-likeness (QED) is 0.401. The Balaban J connectivity index is 1.47. The van der Waals surface area contributed by atoms with E-state index in [1.807, 2.05) is 41.8 Å². The number of hydrogen-bond acceptors (Lipinski definition) is 6. The first-order chi connectivity index (χ1) is 15.2. The average molecular weight is 433 g/mol. The van der Waals surface area contributed by atoms with E-state index in [1.165, 1.54) is 17.5 Å². The fourth-order valence-corrected chi connectivity index (χ4v) is 4.11. The second kappa shape index (κ2) is 9.40. The van der Waals surface area contributed by atoms with Crippen molar-refractivity contribution in [1.82, 2.24) is 4.98 Å². The molecule has 2 aromatic heterocycles. The van der Waals surface area contributed by atoms with Crippen LogP contribution in [0.4, 0.5) is 5.69 Å². The fraction of sp³-hybridized carbons (Fsp3) is 0.125. The third-order valence-electron chi connectivity index (χ3n) is 4.58. The number of thiophene rings is 1. The first-order valence-electron chi connectivity index (χ1n) is 9.76. The summed E-state index contributed by atoms with van der Waals surface area (Å²) in [5.41, 5.74) is 2.62. The molecule has 1 amide bonds. The lowest BCUT2D eigenvalue weighted by Crippen LogP contribution is -2.11. The third-order valence-corrected chi connectivity index (χ3v) is 5.66. The van der Waals surface area contributed by atoms with Gasteiger partial charge in [0, 0.05) is 40.7 Å². The van der Waals surface area contributed by atoms with Gasteiger partial charge in [-0.3, -0.25) is 9.78 Å². The predicted molar refractivity (Wildman–Crippen MR) is 121 cm³/mol. The summed E-state index contributed by atoms with van der Waals surface area (Å²) in [6.07, 6.45) is 3.25. The van der Waals surface area contributed by atoms with Crippen molar-refractivity contribution in [2.24, 2.45) is 0 Å². The summed E-state index contributed by atoms with van der Waals surface area (Å²) >= 11 is 1.46. The number of ether oxygens (including phenoxy) is 2. The molecule has 0 spiro atoms. The SMILES string of the molecule is CCOC(=O)c1cncc2c(COc3cccc(NC(=O)c4ccccc4)c3)csc12. The maximum Gasteiger partial charge on any atom is 0.341 e. The molecule has 0 unspecified atom stereocenters. The predicted octanol–water partition coefficient (Wildman–Crippen LogP) is 5.30. The summed E-state index contributed by atoms with van der Waals surface area (Å²) in [6, 6.07) is 16.3. The van der Waals surface area contributed by atoms with Gasteiger partial charge in [-0.2, -0.15) is 0 Å². The monoisotopic (exact) mass is 432 g/mol. The van der Waals surface area contributed by atoms with Crippen LogP contribution in [0.1, 0.15) is 33.2 Å². The normalized spacial score (nSPS) is 10.6. The summed E-state index contributed by atoms with van der Waals surface area (Å²) in [5.74, 6) is 0.0654. The summed E-state index contributed by atoms with van der Waals surface area (Å²) in [5, 5.41) is 5.69. The van der Waals surface area contributed by atoms with Crippen molar-refractivity contribution >= 4 is 39.0 Å². The molecule has 6 nitrogen and oxygen atoms in total. The standard InChI is InChI=1S/C24H20N2O4S/c1-2-29-24(28)21-13-25-12-20-17(15-31-22(20)21)14-30-19-10-6-9-18(11-19)26-23(27)16-7-4-3-5-8-16/h3-13,15H,2,14H2,1H3,(H,26,27). The minimum atomic E-state index is -0.378. The Hall–Kier alpha value is -3.71. The maximum absolute atomic E-state index is 12.4. The van der Waals surface area contributed by atoms with Crippen LogP contribution in [0.15, 0.2) is 72.4 Å². The number of benzene rings is 2. The van der Waals surface area contributed by atoms with Crippen LogP contribution >= 0.6 is 11.3 Å². The van der Waals surface area contributed by atoms with Crippen LogP contribution in [-0.2, 0) is 11.3 Å². The molecule has 0 saturated carbocycles. The highest BCUT2D eigenvalue weighted by Gasteiger charge is 2.15. The minimum absolute atomic E-state index is 0.181. The van der Waals surface area contributed by atoms with Gasteiger partial charge in [-0.15, -0.1) is 11.3 Å². The van der Waals surface area contributed by atoms with Crippen LogP contribution in [0.5, 0.6) is 5.75 Å². The van der Waals surface area contributed by atoms with Gasteiger partial charge in [-0.25, -0.2) is 4.79 Å². The molecule has 0 atom stereocenters. The number of carbonyl (C=O) groups is 2. The number of aromatic nitrogens is 1. The number of pyridine rings is 1. The zero-order valence-electron chi connectivity index (χ0n) is 16.8. The van der Waals surface area contributed by atoms with E-state index in [1.54, 1.807) is 31.3 Å². The molecule has 0 aliphatic heterocycles. The Morgan fingerprint density at radius 1 is 1.06 bits per heavy atom. The van der Waals surface area contributed by atoms with Crippen molar-refractivity contribution < 1.29 is 19.1 Å². The van der Waals surface area contributed by atoms with Gasteiger partial charge in [0.2, 0.25) is 0 Å². The number of nitrogens with one attached hydrogen (secondary N) is 1.